The van der Waals surface area contributed by atoms with Gasteiger partial charge in [-0.15, -0.1) is 11.3 Å². The molecule has 2 N–H and O–H groups in total. The van der Waals surface area contributed by atoms with E-state index < -0.39 is 0 Å². The lowest BCUT2D eigenvalue weighted by Gasteiger charge is -2.04. The van der Waals surface area contributed by atoms with Gasteiger partial charge in [0.2, 0.25) is 0 Å². The van der Waals surface area contributed by atoms with Crippen molar-refractivity contribution >= 4 is 16.3 Å². The molecule has 0 saturated carbocycles. The van der Waals surface area contributed by atoms with Gasteiger partial charge < -0.3 is 10.5 Å². The van der Waals surface area contributed by atoms with Crippen LogP contribution in [-0.2, 0) is 0 Å². The molecule has 2 rings (SSSR count). The van der Waals surface area contributed by atoms with E-state index in [1.54, 1.807) is 0 Å². The molecule has 86 valence electrons. The normalized spacial score (nSPS) is 9.88. The minimum absolute atomic E-state index is 0.555. The number of rotatable bonds is 3. The van der Waals surface area contributed by atoms with E-state index in [1.807, 2.05) is 36.6 Å². The molecule has 2 aromatic rings. The number of hydrogen-bond acceptors (Lipinski definition) is 4. The molecule has 0 aliphatic rings. The Balaban J connectivity index is 2.37. The fourth-order valence-electron chi connectivity index (χ4n) is 1.60. The number of nitrogen functional groups attached to an aromatic ring is 1. The monoisotopic (exact) mass is 244 g/mol. The predicted molar refractivity (Wildman–Crippen MR) is 70.1 cm³/mol. The Morgan fingerprint density at radius 3 is 2.65 bits per heavy atom. The third-order valence-electron chi connectivity index (χ3n) is 2.41. The van der Waals surface area contributed by atoms with E-state index in [4.69, 9.17) is 15.7 Å². The molecular weight excluding hydrogens is 232 g/mol. The van der Waals surface area contributed by atoms with Crippen molar-refractivity contribution in [1.29, 1.82) is 5.26 Å². The van der Waals surface area contributed by atoms with Crippen molar-refractivity contribution in [3.8, 4) is 22.9 Å². The average molecular weight is 244 g/mol. The van der Waals surface area contributed by atoms with E-state index in [1.165, 1.54) is 11.3 Å². The molecule has 1 aromatic carbocycles. The van der Waals surface area contributed by atoms with Crippen LogP contribution in [-0.4, -0.2) is 6.61 Å². The smallest absolute Gasteiger partial charge is 0.119 e. The lowest BCUT2D eigenvalue weighted by atomic mass is 10.0. The van der Waals surface area contributed by atoms with Crippen molar-refractivity contribution < 1.29 is 4.74 Å². The molecule has 0 spiro atoms. The maximum atomic E-state index is 9.04. The minimum Gasteiger partial charge on any atom is -0.494 e. The number of benzene rings is 1. The highest BCUT2D eigenvalue weighted by molar-refractivity contribution is 7.14. The zero-order chi connectivity index (χ0) is 12.3. The van der Waals surface area contributed by atoms with Crippen LogP contribution in [0.1, 0.15) is 12.5 Å². The highest BCUT2D eigenvalue weighted by Gasteiger charge is 2.10. The fourth-order valence-corrected chi connectivity index (χ4v) is 2.37. The summed E-state index contributed by atoms with van der Waals surface area (Å²) in [6.45, 7) is 2.59. The zero-order valence-corrected chi connectivity index (χ0v) is 10.3. The third kappa shape index (κ3) is 2.24. The first-order valence-electron chi connectivity index (χ1n) is 5.26. The van der Waals surface area contributed by atoms with Crippen LogP contribution in [0.25, 0.3) is 11.1 Å². The van der Waals surface area contributed by atoms with Gasteiger partial charge >= 0.3 is 0 Å². The van der Waals surface area contributed by atoms with Crippen LogP contribution in [0, 0.1) is 11.3 Å². The Kier molecular flexibility index (Phi) is 3.31. The van der Waals surface area contributed by atoms with Gasteiger partial charge in [0.25, 0.3) is 0 Å². The van der Waals surface area contributed by atoms with Gasteiger partial charge in [0.1, 0.15) is 16.8 Å². The maximum absolute atomic E-state index is 9.04. The van der Waals surface area contributed by atoms with E-state index >= 15 is 0 Å². The van der Waals surface area contributed by atoms with Crippen LogP contribution in [0.3, 0.4) is 0 Å². The highest BCUT2D eigenvalue weighted by Crippen LogP contribution is 2.33. The number of nitrogens with two attached hydrogens (primary N) is 1. The third-order valence-corrected chi connectivity index (χ3v) is 3.22. The van der Waals surface area contributed by atoms with Crippen LogP contribution in [0.5, 0.6) is 5.75 Å². The quantitative estimate of drug-likeness (QED) is 0.901. The maximum Gasteiger partial charge on any atom is 0.119 e. The number of ether oxygens (including phenoxy) is 1. The van der Waals surface area contributed by atoms with Crippen molar-refractivity contribution in [2.45, 2.75) is 6.92 Å². The molecule has 0 aliphatic heterocycles. The van der Waals surface area contributed by atoms with Crippen molar-refractivity contribution in [3.63, 3.8) is 0 Å². The van der Waals surface area contributed by atoms with Crippen LogP contribution in [0.2, 0.25) is 0 Å². The molecular formula is C13H12N2OS. The number of anilines is 1. The second-order valence-electron chi connectivity index (χ2n) is 3.46. The zero-order valence-electron chi connectivity index (χ0n) is 9.43. The van der Waals surface area contributed by atoms with Gasteiger partial charge in [-0.2, -0.15) is 5.26 Å². The summed E-state index contributed by atoms with van der Waals surface area (Å²) in [7, 11) is 0. The van der Waals surface area contributed by atoms with Gasteiger partial charge in [-0.05, 0) is 24.6 Å². The summed E-state index contributed by atoms with van der Waals surface area (Å²) < 4.78 is 5.37. The Morgan fingerprint density at radius 1 is 1.35 bits per heavy atom. The Morgan fingerprint density at radius 2 is 2.06 bits per heavy atom. The standard InChI is InChI=1S/C13H12N2OS/c1-2-16-10-5-3-9(4-6-10)12-8-17-13(15)11(12)7-14/h3-6,8H,2,15H2,1H3. The highest BCUT2D eigenvalue weighted by atomic mass is 32.1. The molecule has 0 saturated heterocycles. The Hall–Kier alpha value is -1.99. The molecule has 0 amide bonds. The number of thiophene rings is 1. The fraction of sp³-hybridized carbons (Fsp3) is 0.154. The van der Waals surface area contributed by atoms with Crippen molar-refractivity contribution in [1.82, 2.24) is 0 Å². The van der Waals surface area contributed by atoms with E-state index in [0.29, 0.717) is 17.2 Å². The van der Waals surface area contributed by atoms with Crippen LogP contribution < -0.4 is 10.5 Å². The van der Waals surface area contributed by atoms with Crippen LogP contribution in [0.4, 0.5) is 5.00 Å². The summed E-state index contributed by atoms with van der Waals surface area (Å²) in [6.07, 6.45) is 0. The summed E-state index contributed by atoms with van der Waals surface area (Å²) in [5.41, 5.74) is 8.16. The van der Waals surface area contributed by atoms with Crippen molar-refractivity contribution in [2.24, 2.45) is 0 Å². The van der Waals surface area contributed by atoms with Crippen LogP contribution in [0.15, 0.2) is 29.6 Å². The topological polar surface area (TPSA) is 59.0 Å². The van der Waals surface area contributed by atoms with E-state index in [0.717, 1.165) is 16.9 Å². The molecule has 3 nitrogen and oxygen atoms in total. The molecule has 0 fully saturated rings. The van der Waals surface area contributed by atoms with Gasteiger partial charge in [-0.3, -0.25) is 0 Å². The predicted octanol–water partition coefficient (Wildman–Crippen LogP) is 3.27. The Bertz CT molecular complexity index is 552. The van der Waals surface area contributed by atoms with Crippen molar-refractivity contribution in [3.05, 3.63) is 35.2 Å². The van der Waals surface area contributed by atoms with Crippen LogP contribution >= 0.6 is 11.3 Å². The lowest BCUT2D eigenvalue weighted by Crippen LogP contribution is -1.91. The molecule has 0 bridgehead atoms. The van der Waals surface area contributed by atoms with E-state index in [2.05, 4.69) is 6.07 Å². The summed E-state index contributed by atoms with van der Waals surface area (Å²) in [5, 5.41) is 11.5. The van der Waals surface area contributed by atoms with E-state index in [-0.39, 0.29) is 0 Å². The molecule has 0 aliphatic carbocycles. The lowest BCUT2D eigenvalue weighted by molar-refractivity contribution is 0.340. The summed E-state index contributed by atoms with van der Waals surface area (Å²) in [4.78, 5) is 0. The molecule has 0 atom stereocenters. The first-order valence-corrected chi connectivity index (χ1v) is 6.14. The Labute approximate surface area is 104 Å². The number of nitrogens with zero attached hydrogens (tertiary/aromatic N) is 1. The average Bonchev–Trinajstić information content (AvgIpc) is 2.72. The van der Waals surface area contributed by atoms with Gasteiger partial charge in [0.15, 0.2) is 0 Å². The van der Waals surface area contributed by atoms with Gasteiger partial charge in [-0.25, -0.2) is 0 Å². The minimum atomic E-state index is 0.555. The molecule has 4 heteroatoms. The summed E-state index contributed by atoms with van der Waals surface area (Å²) >= 11 is 1.39. The second kappa shape index (κ2) is 4.89. The molecule has 1 heterocycles. The second-order valence-corrected chi connectivity index (χ2v) is 4.37. The molecule has 1 aromatic heterocycles. The molecule has 0 radical (unpaired) electrons. The van der Waals surface area contributed by atoms with Gasteiger partial charge in [0.05, 0.1) is 12.2 Å². The molecule has 17 heavy (non-hydrogen) atoms. The first-order chi connectivity index (χ1) is 8.26. The largest absolute Gasteiger partial charge is 0.494 e. The van der Waals surface area contributed by atoms with Gasteiger partial charge in [0, 0.05) is 10.9 Å². The number of nitriles is 1. The number of hydrogen-bond donors (Lipinski definition) is 1. The first kappa shape index (κ1) is 11.5. The van der Waals surface area contributed by atoms with E-state index in [9.17, 15) is 0 Å². The van der Waals surface area contributed by atoms with Gasteiger partial charge in [-0.1, -0.05) is 12.1 Å². The summed E-state index contributed by atoms with van der Waals surface area (Å²) in [6, 6.07) is 9.81. The SMILES string of the molecule is CCOc1ccc(-c2csc(N)c2C#N)cc1. The van der Waals surface area contributed by atoms with Crippen molar-refractivity contribution in [2.75, 3.05) is 12.3 Å². The molecule has 0 unspecified atom stereocenters. The summed E-state index contributed by atoms with van der Waals surface area (Å²) in [5.74, 6) is 0.831.